The van der Waals surface area contributed by atoms with E-state index in [4.69, 9.17) is 4.74 Å². The smallest absolute Gasteiger partial charge is 0.106 e. The van der Waals surface area contributed by atoms with Gasteiger partial charge in [0.15, 0.2) is 0 Å². The molecule has 0 amide bonds. The molecule has 0 aromatic carbocycles. The molecule has 0 spiro atoms. The van der Waals surface area contributed by atoms with Crippen molar-refractivity contribution in [3.05, 3.63) is 24.4 Å². The Balaban J connectivity index is 1.93. The van der Waals surface area contributed by atoms with E-state index < -0.39 is 0 Å². The van der Waals surface area contributed by atoms with Crippen molar-refractivity contribution in [2.45, 2.75) is 5.03 Å². The Kier molecular flexibility index (Phi) is 8.28. The molecule has 0 aliphatic heterocycles. The van der Waals surface area contributed by atoms with Crippen LogP contribution in [0.5, 0.6) is 0 Å². The van der Waals surface area contributed by atoms with Gasteiger partial charge in [-0.3, -0.25) is 0 Å². The van der Waals surface area contributed by atoms with E-state index in [0.717, 1.165) is 29.7 Å². The number of ether oxygens (including phenoxy) is 1. The highest BCUT2D eigenvalue weighted by Crippen LogP contribution is 2.28. The molecule has 0 aliphatic carbocycles. The third-order valence-corrected chi connectivity index (χ3v) is 4.33. The molecule has 84 valence electrons. The minimum absolute atomic E-state index is 0.824. The van der Waals surface area contributed by atoms with Crippen LogP contribution < -0.4 is 0 Å². The lowest BCUT2D eigenvalue weighted by atomic mass is 10.5. The van der Waals surface area contributed by atoms with Gasteiger partial charge in [-0.25, -0.2) is 4.98 Å². The van der Waals surface area contributed by atoms with Gasteiger partial charge in [0.05, 0.1) is 13.2 Å². The van der Waals surface area contributed by atoms with Crippen LogP contribution >= 0.6 is 33.3 Å². The van der Waals surface area contributed by atoms with Crippen molar-refractivity contribution in [1.82, 2.24) is 4.98 Å². The average molecular weight is 261 g/mol. The van der Waals surface area contributed by atoms with Crippen LogP contribution in [0.3, 0.4) is 0 Å². The third kappa shape index (κ3) is 7.11. The minimum atomic E-state index is 0.824. The van der Waals surface area contributed by atoms with Crippen molar-refractivity contribution in [3.63, 3.8) is 0 Å². The number of hydrogen-bond donors (Lipinski definition) is 0. The average Bonchev–Trinajstić information content (AvgIpc) is 2.29. The maximum atomic E-state index is 5.44. The molecular formula is C10H15NOS3. The zero-order chi connectivity index (χ0) is 10.8. The van der Waals surface area contributed by atoms with Crippen LogP contribution in [-0.2, 0) is 4.74 Å². The Bertz CT molecular complexity index is 246. The van der Waals surface area contributed by atoms with E-state index in [0.29, 0.717) is 0 Å². The van der Waals surface area contributed by atoms with Gasteiger partial charge in [-0.15, -0.1) is 0 Å². The number of pyridine rings is 1. The molecule has 0 aliphatic rings. The van der Waals surface area contributed by atoms with E-state index in [2.05, 4.69) is 11.2 Å². The molecule has 0 radical (unpaired) electrons. The fourth-order valence-electron chi connectivity index (χ4n) is 0.836. The van der Waals surface area contributed by atoms with Crippen LogP contribution in [-0.4, -0.2) is 36.0 Å². The van der Waals surface area contributed by atoms with Gasteiger partial charge in [0.2, 0.25) is 0 Å². The monoisotopic (exact) mass is 261 g/mol. The van der Waals surface area contributed by atoms with Gasteiger partial charge in [-0.2, -0.15) is 11.8 Å². The lowest BCUT2D eigenvalue weighted by Crippen LogP contribution is -2.00. The molecule has 0 N–H and O–H groups in total. The Hall–Kier alpha value is 0.160. The molecule has 15 heavy (non-hydrogen) atoms. The fourth-order valence-corrected chi connectivity index (χ4v) is 2.86. The highest BCUT2D eigenvalue weighted by molar-refractivity contribution is 8.76. The van der Waals surface area contributed by atoms with E-state index >= 15 is 0 Å². The second kappa shape index (κ2) is 9.39. The lowest BCUT2D eigenvalue weighted by molar-refractivity contribution is 0.167. The summed E-state index contributed by atoms with van der Waals surface area (Å²) >= 11 is 1.82. The van der Waals surface area contributed by atoms with Crippen molar-refractivity contribution in [2.24, 2.45) is 0 Å². The number of nitrogens with zero attached hydrogens (tertiary/aromatic N) is 1. The van der Waals surface area contributed by atoms with Gasteiger partial charge in [-0.05, 0) is 29.2 Å². The summed E-state index contributed by atoms with van der Waals surface area (Å²) in [4.78, 5) is 4.22. The van der Waals surface area contributed by atoms with Gasteiger partial charge in [0.25, 0.3) is 0 Å². The topological polar surface area (TPSA) is 22.1 Å². The number of aromatic nitrogens is 1. The van der Waals surface area contributed by atoms with E-state index in [1.165, 1.54) is 0 Å². The zero-order valence-corrected chi connectivity index (χ0v) is 11.2. The SMILES string of the molecule is CSCCOCCSSc1ccccn1. The Morgan fingerprint density at radius 1 is 1.27 bits per heavy atom. The third-order valence-electron chi connectivity index (χ3n) is 1.52. The zero-order valence-electron chi connectivity index (χ0n) is 8.72. The van der Waals surface area contributed by atoms with E-state index in [1.54, 1.807) is 21.6 Å². The first-order valence-electron chi connectivity index (χ1n) is 4.70. The molecule has 1 rings (SSSR count). The van der Waals surface area contributed by atoms with Crippen molar-refractivity contribution in [3.8, 4) is 0 Å². The first-order valence-corrected chi connectivity index (χ1v) is 8.42. The van der Waals surface area contributed by atoms with E-state index in [9.17, 15) is 0 Å². The van der Waals surface area contributed by atoms with Gasteiger partial charge >= 0.3 is 0 Å². The molecule has 1 heterocycles. The minimum Gasteiger partial charge on any atom is -0.380 e. The molecule has 1 aromatic rings. The molecule has 2 nitrogen and oxygen atoms in total. The van der Waals surface area contributed by atoms with Gasteiger partial charge in [0.1, 0.15) is 5.03 Å². The summed E-state index contributed by atoms with van der Waals surface area (Å²) in [6.07, 6.45) is 3.91. The van der Waals surface area contributed by atoms with Gasteiger partial charge < -0.3 is 4.74 Å². The predicted octanol–water partition coefficient (Wildman–Crippen LogP) is 3.20. The summed E-state index contributed by atoms with van der Waals surface area (Å²) in [7, 11) is 3.49. The summed E-state index contributed by atoms with van der Waals surface area (Å²) in [5.74, 6) is 2.09. The van der Waals surface area contributed by atoms with Crippen molar-refractivity contribution in [2.75, 3.05) is 31.0 Å². The van der Waals surface area contributed by atoms with Crippen molar-refractivity contribution in [1.29, 1.82) is 0 Å². The Morgan fingerprint density at radius 2 is 2.13 bits per heavy atom. The highest BCUT2D eigenvalue weighted by atomic mass is 33.1. The number of thioether (sulfide) groups is 1. The molecule has 0 atom stereocenters. The normalized spacial score (nSPS) is 10.5. The predicted molar refractivity (Wildman–Crippen MR) is 71.8 cm³/mol. The lowest BCUT2D eigenvalue weighted by Gasteiger charge is -2.02. The van der Waals surface area contributed by atoms with Gasteiger partial charge in [-0.1, -0.05) is 16.9 Å². The first kappa shape index (κ1) is 13.2. The summed E-state index contributed by atoms with van der Waals surface area (Å²) < 4.78 is 5.44. The van der Waals surface area contributed by atoms with E-state index in [-0.39, 0.29) is 0 Å². The summed E-state index contributed by atoms with van der Waals surface area (Å²) in [5.41, 5.74) is 0. The van der Waals surface area contributed by atoms with Gasteiger partial charge in [0, 0.05) is 17.7 Å². The van der Waals surface area contributed by atoms with Crippen molar-refractivity contribution < 1.29 is 4.74 Å². The molecule has 5 heteroatoms. The van der Waals surface area contributed by atoms with Crippen LogP contribution in [0.4, 0.5) is 0 Å². The molecule has 0 saturated heterocycles. The standard InChI is InChI=1S/C10H15NOS3/c1-13-8-6-12-7-9-14-15-10-4-2-3-5-11-10/h2-5H,6-9H2,1H3. The largest absolute Gasteiger partial charge is 0.380 e. The second-order valence-electron chi connectivity index (χ2n) is 2.68. The number of hydrogen-bond acceptors (Lipinski definition) is 5. The first-order chi connectivity index (χ1) is 7.43. The quantitative estimate of drug-likeness (QED) is 0.528. The molecule has 0 saturated carbocycles. The molecule has 1 aromatic heterocycles. The van der Waals surface area contributed by atoms with Crippen molar-refractivity contribution >= 4 is 33.3 Å². The fraction of sp³-hybridized carbons (Fsp3) is 0.500. The Morgan fingerprint density at radius 3 is 2.87 bits per heavy atom. The highest BCUT2D eigenvalue weighted by Gasteiger charge is 1.94. The van der Waals surface area contributed by atoms with Crippen LogP contribution in [0.1, 0.15) is 0 Å². The van der Waals surface area contributed by atoms with Crippen LogP contribution in [0.2, 0.25) is 0 Å². The molecule has 0 bridgehead atoms. The van der Waals surface area contributed by atoms with Crippen LogP contribution in [0.25, 0.3) is 0 Å². The van der Waals surface area contributed by atoms with E-state index in [1.807, 2.05) is 36.2 Å². The number of rotatable bonds is 8. The maximum absolute atomic E-state index is 5.44. The maximum Gasteiger partial charge on any atom is 0.106 e. The summed E-state index contributed by atoms with van der Waals surface area (Å²) in [5, 5.41) is 1.06. The van der Waals surface area contributed by atoms with Crippen LogP contribution in [0.15, 0.2) is 29.4 Å². The van der Waals surface area contributed by atoms with Crippen LogP contribution in [0, 0.1) is 0 Å². The second-order valence-corrected chi connectivity index (χ2v) is 6.10. The summed E-state index contributed by atoms with van der Waals surface area (Å²) in [6.45, 7) is 1.68. The summed E-state index contributed by atoms with van der Waals surface area (Å²) in [6, 6.07) is 5.96. The molecule has 0 fully saturated rings. The Labute approximate surface area is 103 Å². The molecule has 0 unspecified atom stereocenters. The molecular weight excluding hydrogens is 246 g/mol.